The van der Waals surface area contributed by atoms with E-state index in [2.05, 4.69) is 16.9 Å². The Bertz CT molecular complexity index is 933. The maximum atomic E-state index is 13.2. The van der Waals surface area contributed by atoms with E-state index in [4.69, 9.17) is 9.47 Å². The monoisotopic (exact) mass is 388 g/mol. The van der Waals surface area contributed by atoms with Crippen LogP contribution in [0, 0.1) is 0 Å². The van der Waals surface area contributed by atoms with Gasteiger partial charge in [-0.05, 0) is 36.2 Å². The summed E-state index contributed by atoms with van der Waals surface area (Å²) in [5.41, 5.74) is 3.03. The fourth-order valence-electron chi connectivity index (χ4n) is 3.22. The molecule has 0 aliphatic rings. The van der Waals surface area contributed by atoms with Crippen LogP contribution in [0.25, 0.3) is 0 Å². The summed E-state index contributed by atoms with van der Waals surface area (Å²) in [6, 6.07) is 18.5. The normalized spacial score (nSPS) is 11.4. The first-order chi connectivity index (χ1) is 14.2. The van der Waals surface area contributed by atoms with Crippen LogP contribution in [-0.4, -0.2) is 25.1 Å². The third-order valence-electron chi connectivity index (χ3n) is 4.57. The lowest BCUT2D eigenvalue weighted by Crippen LogP contribution is -2.30. The molecular formula is C24H24N2O3. The zero-order valence-electron chi connectivity index (χ0n) is 16.6. The van der Waals surface area contributed by atoms with Gasteiger partial charge in [-0.25, -0.2) is 0 Å². The van der Waals surface area contributed by atoms with Crippen LogP contribution in [0.15, 0.2) is 79.5 Å². The van der Waals surface area contributed by atoms with Crippen molar-refractivity contribution in [2.75, 3.05) is 14.2 Å². The molecule has 148 valence electrons. The Balaban J connectivity index is 1.98. The number of aromatic nitrogens is 1. The third kappa shape index (κ3) is 4.63. The molecule has 2 aromatic carbocycles. The first kappa shape index (κ1) is 20.1. The minimum atomic E-state index is -0.374. The lowest BCUT2D eigenvalue weighted by atomic mass is 10.0. The molecule has 0 bridgehead atoms. The number of nitrogens with one attached hydrogen (secondary N) is 1. The van der Waals surface area contributed by atoms with Crippen LogP contribution in [0.3, 0.4) is 0 Å². The first-order valence-electron chi connectivity index (χ1n) is 9.30. The molecule has 29 heavy (non-hydrogen) atoms. The molecule has 1 unspecified atom stereocenters. The largest absolute Gasteiger partial charge is 0.493 e. The molecule has 0 fully saturated rings. The number of nitrogens with zero attached hydrogens (tertiary/aromatic N) is 1. The van der Waals surface area contributed by atoms with Gasteiger partial charge in [-0.3, -0.25) is 9.78 Å². The minimum Gasteiger partial charge on any atom is -0.493 e. The number of hydrogen-bond donors (Lipinski definition) is 1. The highest BCUT2D eigenvalue weighted by molar-refractivity contribution is 5.95. The van der Waals surface area contributed by atoms with Gasteiger partial charge in [0.1, 0.15) is 0 Å². The number of hydrogen-bond acceptors (Lipinski definition) is 4. The lowest BCUT2D eigenvalue weighted by molar-refractivity contribution is 0.0941. The summed E-state index contributed by atoms with van der Waals surface area (Å²) in [7, 11) is 3.13. The second-order valence-electron chi connectivity index (χ2n) is 6.44. The van der Waals surface area contributed by atoms with Crippen molar-refractivity contribution in [3.05, 3.63) is 102 Å². The van der Waals surface area contributed by atoms with Crippen LogP contribution in [0.4, 0.5) is 0 Å². The fourth-order valence-corrected chi connectivity index (χ4v) is 3.22. The van der Waals surface area contributed by atoms with E-state index in [0.717, 1.165) is 16.8 Å². The van der Waals surface area contributed by atoms with Crippen LogP contribution < -0.4 is 14.8 Å². The van der Waals surface area contributed by atoms with Gasteiger partial charge in [0, 0.05) is 17.3 Å². The van der Waals surface area contributed by atoms with Gasteiger partial charge in [0.25, 0.3) is 5.91 Å². The quantitative estimate of drug-likeness (QED) is 0.583. The van der Waals surface area contributed by atoms with Gasteiger partial charge in [0.2, 0.25) is 0 Å². The summed E-state index contributed by atoms with van der Waals surface area (Å²) in [4.78, 5) is 17.6. The number of benzene rings is 2. The number of ether oxygens (including phenoxy) is 2. The zero-order chi connectivity index (χ0) is 20.6. The Morgan fingerprint density at radius 2 is 1.86 bits per heavy atom. The van der Waals surface area contributed by atoms with Crippen LogP contribution in [0.1, 0.15) is 33.2 Å². The average Bonchev–Trinajstić information content (AvgIpc) is 2.78. The molecule has 5 heteroatoms. The molecule has 0 aliphatic heterocycles. The molecule has 1 atom stereocenters. The maximum absolute atomic E-state index is 13.2. The standard InChI is InChI=1S/C24H24N2O3/c1-4-10-18-15-19(16-21(28-2)23(18)29-3)24(27)26-22(17-11-6-5-7-12-17)20-13-8-9-14-25-20/h4-9,11-16,22H,1,10H2,2-3H3,(H,26,27). The van der Waals surface area contributed by atoms with Crippen molar-refractivity contribution < 1.29 is 14.3 Å². The highest BCUT2D eigenvalue weighted by Gasteiger charge is 2.21. The molecule has 3 aromatic rings. The number of methoxy groups -OCH3 is 2. The van der Waals surface area contributed by atoms with Gasteiger partial charge in [0.05, 0.1) is 26.0 Å². The van der Waals surface area contributed by atoms with Crippen molar-refractivity contribution in [1.82, 2.24) is 10.3 Å². The molecule has 1 amide bonds. The SMILES string of the molecule is C=CCc1cc(C(=O)NC(c2ccccc2)c2ccccn2)cc(OC)c1OC. The molecule has 0 spiro atoms. The van der Waals surface area contributed by atoms with E-state index < -0.39 is 0 Å². The number of pyridine rings is 1. The Kier molecular flexibility index (Phi) is 6.63. The zero-order valence-corrected chi connectivity index (χ0v) is 16.6. The predicted molar refractivity (Wildman–Crippen MR) is 113 cm³/mol. The minimum absolute atomic E-state index is 0.226. The van der Waals surface area contributed by atoms with Crippen molar-refractivity contribution in [3.8, 4) is 11.5 Å². The molecule has 0 aliphatic carbocycles. The van der Waals surface area contributed by atoms with E-state index in [-0.39, 0.29) is 11.9 Å². The molecule has 0 saturated heterocycles. The number of rotatable bonds is 8. The number of allylic oxidation sites excluding steroid dienone is 1. The van der Waals surface area contributed by atoms with Crippen LogP contribution in [0.2, 0.25) is 0 Å². The van der Waals surface area contributed by atoms with Gasteiger partial charge in [0.15, 0.2) is 11.5 Å². The molecule has 1 heterocycles. The number of amides is 1. The van der Waals surface area contributed by atoms with Gasteiger partial charge in [-0.2, -0.15) is 0 Å². The maximum Gasteiger partial charge on any atom is 0.252 e. The van der Waals surface area contributed by atoms with Gasteiger partial charge in [-0.1, -0.05) is 42.5 Å². The second kappa shape index (κ2) is 9.55. The second-order valence-corrected chi connectivity index (χ2v) is 6.44. The van der Waals surface area contributed by atoms with Gasteiger partial charge < -0.3 is 14.8 Å². The summed E-state index contributed by atoms with van der Waals surface area (Å²) < 4.78 is 10.9. The van der Waals surface area contributed by atoms with Crippen molar-refractivity contribution in [2.45, 2.75) is 12.5 Å². The van der Waals surface area contributed by atoms with E-state index in [1.165, 1.54) is 0 Å². The third-order valence-corrected chi connectivity index (χ3v) is 4.57. The lowest BCUT2D eigenvalue weighted by Gasteiger charge is -2.20. The van der Waals surface area contributed by atoms with Gasteiger partial charge >= 0.3 is 0 Å². The number of carbonyl (C=O) groups is 1. The summed E-state index contributed by atoms with van der Waals surface area (Å²) in [6.45, 7) is 3.78. The Labute approximate surface area is 171 Å². The van der Waals surface area contributed by atoms with E-state index in [1.807, 2.05) is 48.5 Å². The summed E-state index contributed by atoms with van der Waals surface area (Å²) >= 11 is 0. The molecule has 0 radical (unpaired) electrons. The summed E-state index contributed by atoms with van der Waals surface area (Å²) in [6.07, 6.45) is 4.04. The van der Waals surface area contributed by atoms with Crippen LogP contribution in [0.5, 0.6) is 11.5 Å². The Morgan fingerprint density at radius 1 is 1.10 bits per heavy atom. The van der Waals surface area contributed by atoms with E-state index in [1.54, 1.807) is 38.6 Å². The molecule has 3 rings (SSSR count). The topological polar surface area (TPSA) is 60.5 Å². The van der Waals surface area contributed by atoms with Crippen molar-refractivity contribution in [3.63, 3.8) is 0 Å². The number of carbonyl (C=O) groups excluding carboxylic acids is 1. The highest BCUT2D eigenvalue weighted by atomic mass is 16.5. The Morgan fingerprint density at radius 3 is 2.48 bits per heavy atom. The van der Waals surface area contributed by atoms with Crippen molar-refractivity contribution in [1.29, 1.82) is 0 Å². The molecule has 1 aromatic heterocycles. The summed E-state index contributed by atoms with van der Waals surface area (Å²) in [5, 5.41) is 3.10. The molecule has 5 nitrogen and oxygen atoms in total. The van der Waals surface area contributed by atoms with E-state index in [0.29, 0.717) is 23.5 Å². The molecule has 1 N–H and O–H groups in total. The highest BCUT2D eigenvalue weighted by Crippen LogP contribution is 2.33. The predicted octanol–water partition coefficient (Wildman–Crippen LogP) is 4.35. The first-order valence-corrected chi connectivity index (χ1v) is 9.30. The van der Waals surface area contributed by atoms with Crippen molar-refractivity contribution in [2.24, 2.45) is 0 Å². The molecular weight excluding hydrogens is 364 g/mol. The molecule has 0 saturated carbocycles. The van der Waals surface area contributed by atoms with Crippen LogP contribution in [-0.2, 0) is 6.42 Å². The smallest absolute Gasteiger partial charge is 0.252 e. The average molecular weight is 388 g/mol. The fraction of sp³-hybridized carbons (Fsp3) is 0.167. The van der Waals surface area contributed by atoms with Gasteiger partial charge in [-0.15, -0.1) is 6.58 Å². The van der Waals surface area contributed by atoms with E-state index >= 15 is 0 Å². The Hall–Kier alpha value is -3.60. The van der Waals surface area contributed by atoms with E-state index in [9.17, 15) is 4.79 Å². The summed E-state index contributed by atoms with van der Waals surface area (Å²) in [5.74, 6) is 0.884. The van der Waals surface area contributed by atoms with Crippen molar-refractivity contribution >= 4 is 5.91 Å². The van der Waals surface area contributed by atoms with Crippen LogP contribution >= 0.6 is 0 Å².